The Morgan fingerprint density at radius 1 is 0.268 bits per heavy atom. The van der Waals surface area contributed by atoms with Crippen LogP contribution in [0.5, 0.6) is 0 Å². The molecule has 0 spiro atoms. The highest BCUT2D eigenvalue weighted by molar-refractivity contribution is 6.10. The van der Waals surface area contributed by atoms with E-state index in [0.29, 0.717) is 0 Å². The molecule has 8 rings (SSSR count). The standard InChI is InChI=1S/C40H27N/c1-2-9-28(10-3-1)32-13-8-14-34(25-32)41(35-23-24-39-33(26-35)20-19-29-11-4-6-15-37(29)39)36-22-21-31-18-17-30-12-5-7-16-38(30)40(31)27-36/h1-27H. The van der Waals surface area contributed by atoms with Crippen molar-refractivity contribution in [3.8, 4) is 11.1 Å². The topological polar surface area (TPSA) is 3.24 Å². The van der Waals surface area contributed by atoms with E-state index < -0.39 is 0 Å². The van der Waals surface area contributed by atoms with Gasteiger partial charge in [-0.15, -0.1) is 0 Å². The molecule has 1 heteroatoms. The molecule has 0 heterocycles. The van der Waals surface area contributed by atoms with Crippen molar-refractivity contribution in [3.05, 3.63) is 164 Å². The van der Waals surface area contributed by atoms with Gasteiger partial charge in [-0.05, 0) is 90.6 Å². The van der Waals surface area contributed by atoms with Crippen molar-refractivity contribution in [2.45, 2.75) is 0 Å². The Morgan fingerprint density at radius 3 is 1.56 bits per heavy atom. The molecule has 0 aliphatic rings. The van der Waals surface area contributed by atoms with Crippen LogP contribution in [0, 0.1) is 0 Å². The monoisotopic (exact) mass is 521 g/mol. The summed E-state index contributed by atoms with van der Waals surface area (Å²) in [6, 6.07) is 59.4. The largest absolute Gasteiger partial charge is 0.310 e. The van der Waals surface area contributed by atoms with Crippen LogP contribution in [0.2, 0.25) is 0 Å². The average molecular weight is 522 g/mol. The summed E-state index contributed by atoms with van der Waals surface area (Å²) in [6.45, 7) is 0. The molecule has 0 aliphatic carbocycles. The van der Waals surface area contributed by atoms with Crippen LogP contribution in [0.25, 0.3) is 54.2 Å². The summed E-state index contributed by atoms with van der Waals surface area (Å²) >= 11 is 0. The second-order valence-corrected chi connectivity index (χ2v) is 10.6. The molecule has 8 aromatic rings. The maximum absolute atomic E-state index is 2.39. The van der Waals surface area contributed by atoms with E-state index in [4.69, 9.17) is 0 Å². The van der Waals surface area contributed by atoms with Gasteiger partial charge in [0, 0.05) is 17.1 Å². The van der Waals surface area contributed by atoms with Crippen molar-refractivity contribution in [3.63, 3.8) is 0 Å². The number of fused-ring (bicyclic) bond motifs is 6. The molecule has 0 aromatic heterocycles. The van der Waals surface area contributed by atoms with Gasteiger partial charge in [0.1, 0.15) is 0 Å². The zero-order chi connectivity index (χ0) is 27.2. The fraction of sp³-hybridized carbons (Fsp3) is 0. The molecule has 0 fully saturated rings. The zero-order valence-electron chi connectivity index (χ0n) is 22.5. The van der Waals surface area contributed by atoms with Crippen LogP contribution in [0.1, 0.15) is 0 Å². The molecule has 0 bridgehead atoms. The minimum absolute atomic E-state index is 1.13. The summed E-state index contributed by atoms with van der Waals surface area (Å²) in [4.78, 5) is 2.39. The van der Waals surface area contributed by atoms with Gasteiger partial charge >= 0.3 is 0 Å². The quantitative estimate of drug-likeness (QED) is 0.208. The number of anilines is 3. The lowest BCUT2D eigenvalue weighted by molar-refractivity contribution is 1.29. The molecule has 0 atom stereocenters. The molecule has 0 aliphatic heterocycles. The lowest BCUT2D eigenvalue weighted by atomic mass is 9.99. The van der Waals surface area contributed by atoms with Crippen LogP contribution in [0.3, 0.4) is 0 Å². The van der Waals surface area contributed by atoms with Gasteiger partial charge in [0.25, 0.3) is 0 Å². The van der Waals surface area contributed by atoms with Crippen LogP contribution in [-0.4, -0.2) is 0 Å². The van der Waals surface area contributed by atoms with Crippen molar-refractivity contribution in [1.82, 2.24) is 0 Å². The van der Waals surface area contributed by atoms with E-state index in [0.717, 1.165) is 17.1 Å². The highest BCUT2D eigenvalue weighted by atomic mass is 15.1. The molecule has 1 nitrogen and oxygen atoms in total. The van der Waals surface area contributed by atoms with E-state index in [9.17, 15) is 0 Å². The smallest absolute Gasteiger partial charge is 0.0468 e. The van der Waals surface area contributed by atoms with Crippen LogP contribution in [0.15, 0.2) is 164 Å². The molecule has 0 unspecified atom stereocenters. The van der Waals surface area contributed by atoms with Crippen LogP contribution in [0.4, 0.5) is 17.1 Å². The Bertz CT molecular complexity index is 2210. The number of nitrogens with zero attached hydrogens (tertiary/aromatic N) is 1. The number of rotatable bonds is 4. The maximum Gasteiger partial charge on any atom is 0.0468 e. The first kappa shape index (κ1) is 23.5. The number of hydrogen-bond acceptors (Lipinski definition) is 1. The van der Waals surface area contributed by atoms with Crippen LogP contribution >= 0.6 is 0 Å². The highest BCUT2D eigenvalue weighted by Gasteiger charge is 2.16. The summed E-state index contributed by atoms with van der Waals surface area (Å²) in [5.41, 5.74) is 5.82. The van der Waals surface area contributed by atoms with Crippen molar-refractivity contribution in [1.29, 1.82) is 0 Å². The predicted molar refractivity (Wildman–Crippen MR) is 177 cm³/mol. The Kier molecular flexibility index (Phi) is 5.53. The Morgan fingerprint density at radius 2 is 0.780 bits per heavy atom. The minimum Gasteiger partial charge on any atom is -0.310 e. The first-order valence-corrected chi connectivity index (χ1v) is 14.1. The van der Waals surface area contributed by atoms with Gasteiger partial charge in [-0.2, -0.15) is 0 Å². The average Bonchev–Trinajstić information content (AvgIpc) is 3.05. The third kappa shape index (κ3) is 4.11. The molecule has 0 N–H and O–H groups in total. The SMILES string of the molecule is c1ccc(-c2cccc(N(c3ccc4c(ccc5ccccc54)c3)c3ccc4ccc5ccccc5c4c3)c2)cc1. The van der Waals surface area contributed by atoms with E-state index in [1.165, 1.54) is 54.2 Å². The van der Waals surface area contributed by atoms with Gasteiger partial charge in [0.05, 0.1) is 0 Å². The molecule has 41 heavy (non-hydrogen) atoms. The summed E-state index contributed by atoms with van der Waals surface area (Å²) in [7, 11) is 0. The van der Waals surface area contributed by atoms with E-state index in [1.54, 1.807) is 0 Å². The second-order valence-electron chi connectivity index (χ2n) is 10.6. The first-order chi connectivity index (χ1) is 20.3. The van der Waals surface area contributed by atoms with Crippen molar-refractivity contribution in [2.24, 2.45) is 0 Å². The van der Waals surface area contributed by atoms with Crippen LogP contribution in [-0.2, 0) is 0 Å². The van der Waals surface area contributed by atoms with Crippen molar-refractivity contribution < 1.29 is 0 Å². The van der Waals surface area contributed by atoms with Gasteiger partial charge < -0.3 is 4.90 Å². The lowest BCUT2D eigenvalue weighted by Gasteiger charge is -2.27. The molecule has 8 aromatic carbocycles. The number of hydrogen-bond donors (Lipinski definition) is 0. The Hall–Kier alpha value is -5.40. The molecular formula is C40H27N. The lowest BCUT2D eigenvalue weighted by Crippen LogP contribution is -2.10. The third-order valence-electron chi connectivity index (χ3n) is 8.19. The molecule has 0 amide bonds. The minimum atomic E-state index is 1.13. The molecule has 0 saturated heterocycles. The summed E-state index contributed by atoms with van der Waals surface area (Å²) in [5, 5.41) is 10.1. The third-order valence-corrected chi connectivity index (χ3v) is 8.19. The van der Waals surface area contributed by atoms with Crippen molar-refractivity contribution >= 4 is 60.2 Å². The van der Waals surface area contributed by atoms with E-state index in [1.807, 2.05) is 0 Å². The zero-order valence-corrected chi connectivity index (χ0v) is 22.5. The van der Waals surface area contributed by atoms with Gasteiger partial charge in [-0.3, -0.25) is 0 Å². The second kappa shape index (κ2) is 9.66. The van der Waals surface area contributed by atoms with Gasteiger partial charge in [0.2, 0.25) is 0 Å². The fourth-order valence-corrected chi connectivity index (χ4v) is 6.17. The van der Waals surface area contributed by atoms with Crippen molar-refractivity contribution in [2.75, 3.05) is 4.90 Å². The molecule has 0 radical (unpaired) electrons. The van der Waals surface area contributed by atoms with E-state index in [-0.39, 0.29) is 0 Å². The Balaban J connectivity index is 1.36. The summed E-state index contributed by atoms with van der Waals surface area (Å²) in [6.07, 6.45) is 0. The molecular weight excluding hydrogens is 494 g/mol. The molecule has 0 saturated carbocycles. The van der Waals surface area contributed by atoms with Crippen LogP contribution < -0.4 is 4.90 Å². The predicted octanol–water partition coefficient (Wildman–Crippen LogP) is 11.4. The Labute approximate surface area is 239 Å². The molecule has 192 valence electrons. The van der Waals surface area contributed by atoms with Gasteiger partial charge in [-0.25, -0.2) is 0 Å². The normalized spacial score (nSPS) is 11.4. The maximum atomic E-state index is 2.39. The van der Waals surface area contributed by atoms with Gasteiger partial charge in [-0.1, -0.05) is 127 Å². The van der Waals surface area contributed by atoms with E-state index in [2.05, 4.69) is 169 Å². The highest BCUT2D eigenvalue weighted by Crippen LogP contribution is 2.40. The summed E-state index contributed by atoms with van der Waals surface area (Å²) < 4.78 is 0. The number of benzene rings is 8. The summed E-state index contributed by atoms with van der Waals surface area (Å²) in [5.74, 6) is 0. The van der Waals surface area contributed by atoms with Gasteiger partial charge in [0.15, 0.2) is 0 Å². The van der Waals surface area contributed by atoms with E-state index >= 15 is 0 Å². The first-order valence-electron chi connectivity index (χ1n) is 14.1. The fourth-order valence-electron chi connectivity index (χ4n) is 6.17.